The van der Waals surface area contributed by atoms with Gasteiger partial charge >= 0.3 is 0 Å². The molecule has 0 spiro atoms. The predicted octanol–water partition coefficient (Wildman–Crippen LogP) is 2.62. The van der Waals surface area contributed by atoms with Gasteiger partial charge in [0.1, 0.15) is 0 Å². The fourth-order valence-electron chi connectivity index (χ4n) is 4.83. The molecule has 2 aliphatic rings. The zero-order chi connectivity index (χ0) is 27.2. The van der Waals surface area contributed by atoms with Crippen molar-refractivity contribution < 1.29 is 33.4 Å². The highest BCUT2D eigenvalue weighted by Crippen LogP contribution is 2.28. The van der Waals surface area contributed by atoms with E-state index in [1.165, 1.54) is 18.1 Å². The Morgan fingerprint density at radius 3 is 2.26 bits per heavy atom. The van der Waals surface area contributed by atoms with Crippen LogP contribution in [0.1, 0.15) is 60.7 Å². The average Bonchev–Trinajstić information content (AvgIpc) is 3.19. The molecule has 4 rings (SSSR count). The number of carbonyl (C=O) groups excluding carboxylic acids is 4. The fourth-order valence-corrected chi connectivity index (χ4v) is 4.83. The molecule has 4 amide bonds. The van der Waals surface area contributed by atoms with Gasteiger partial charge in [0.05, 0.1) is 25.3 Å². The molecule has 0 unspecified atom stereocenters. The van der Waals surface area contributed by atoms with Gasteiger partial charge in [-0.05, 0) is 61.6 Å². The van der Waals surface area contributed by atoms with E-state index in [2.05, 4.69) is 5.32 Å². The first kappa shape index (κ1) is 27.1. The lowest BCUT2D eigenvalue weighted by atomic mass is 9.95. The number of nitrogens with one attached hydrogen (secondary N) is 1. The van der Waals surface area contributed by atoms with E-state index < -0.39 is 0 Å². The quantitative estimate of drug-likeness (QED) is 0.376. The zero-order valence-corrected chi connectivity index (χ0v) is 22.0. The lowest BCUT2D eigenvalue weighted by Gasteiger charge is -2.32. The number of rotatable bonds is 10. The van der Waals surface area contributed by atoms with Gasteiger partial charge in [-0.15, -0.1) is 0 Å². The number of amides is 4. The van der Waals surface area contributed by atoms with Crippen molar-refractivity contribution in [1.29, 1.82) is 0 Å². The number of imide groups is 1. The van der Waals surface area contributed by atoms with E-state index in [1.807, 2.05) is 0 Å². The van der Waals surface area contributed by atoms with Crippen LogP contribution in [-0.4, -0.2) is 87.5 Å². The molecule has 0 saturated carbocycles. The van der Waals surface area contributed by atoms with Crippen LogP contribution in [0, 0.1) is 5.92 Å². The highest BCUT2D eigenvalue weighted by molar-refractivity contribution is 6.22. The summed E-state index contributed by atoms with van der Waals surface area (Å²) >= 11 is 0. The maximum atomic E-state index is 13.2. The van der Waals surface area contributed by atoms with Crippen LogP contribution >= 0.6 is 0 Å². The highest BCUT2D eigenvalue weighted by atomic mass is 16.5. The van der Waals surface area contributed by atoms with Crippen LogP contribution in [-0.2, 0) is 4.74 Å². The molecule has 1 saturated heterocycles. The summed E-state index contributed by atoms with van der Waals surface area (Å²) in [6.07, 6.45) is 2.04. The Bertz CT molecular complexity index is 1220. The number of nitrogens with zero attached hydrogens (tertiary/aromatic N) is 2. The van der Waals surface area contributed by atoms with Gasteiger partial charge in [-0.1, -0.05) is 0 Å². The van der Waals surface area contributed by atoms with Gasteiger partial charge < -0.3 is 24.4 Å². The van der Waals surface area contributed by atoms with Gasteiger partial charge in [-0.25, -0.2) is 0 Å². The van der Waals surface area contributed by atoms with Crippen LogP contribution in [0.3, 0.4) is 0 Å². The Kier molecular flexibility index (Phi) is 8.62. The molecule has 10 nitrogen and oxygen atoms in total. The van der Waals surface area contributed by atoms with Gasteiger partial charge in [-0.2, -0.15) is 0 Å². The largest absolute Gasteiger partial charge is 0.493 e. The molecule has 38 heavy (non-hydrogen) atoms. The van der Waals surface area contributed by atoms with Crippen LogP contribution in [0.2, 0.25) is 0 Å². The molecule has 0 aromatic heterocycles. The second-order valence-corrected chi connectivity index (χ2v) is 9.38. The first-order chi connectivity index (χ1) is 18.4. The van der Waals surface area contributed by atoms with Crippen molar-refractivity contribution in [2.45, 2.75) is 19.3 Å². The smallest absolute Gasteiger partial charge is 0.261 e. The summed E-state index contributed by atoms with van der Waals surface area (Å²) in [5, 5.41) is 2.97. The summed E-state index contributed by atoms with van der Waals surface area (Å²) in [5.41, 5.74) is 1.47. The minimum absolute atomic E-state index is 0.168. The molecular formula is C28H33N3O7. The Morgan fingerprint density at radius 2 is 1.58 bits per heavy atom. The van der Waals surface area contributed by atoms with E-state index in [-0.39, 0.29) is 41.7 Å². The van der Waals surface area contributed by atoms with E-state index in [0.717, 1.165) is 12.8 Å². The summed E-state index contributed by atoms with van der Waals surface area (Å²) in [4.78, 5) is 54.1. The van der Waals surface area contributed by atoms with Crippen LogP contribution in [0.25, 0.3) is 0 Å². The van der Waals surface area contributed by atoms with Crippen LogP contribution in [0.5, 0.6) is 11.5 Å². The molecule has 2 aromatic rings. The van der Waals surface area contributed by atoms with Crippen LogP contribution < -0.4 is 14.8 Å². The van der Waals surface area contributed by atoms with E-state index in [4.69, 9.17) is 14.2 Å². The molecule has 0 aliphatic carbocycles. The van der Waals surface area contributed by atoms with E-state index in [9.17, 15) is 19.2 Å². The van der Waals surface area contributed by atoms with E-state index in [0.29, 0.717) is 60.9 Å². The molecule has 0 atom stereocenters. The predicted molar refractivity (Wildman–Crippen MR) is 139 cm³/mol. The molecular weight excluding hydrogens is 490 g/mol. The summed E-state index contributed by atoms with van der Waals surface area (Å²) in [6, 6.07) is 9.73. The van der Waals surface area contributed by atoms with Crippen molar-refractivity contribution in [3.05, 3.63) is 58.7 Å². The van der Waals surface area contributed by atoms with Crippen molar-refractivity contribution >= 4 is 23.6 Å². The van der Waals surface area contributed by atoms with Crippen molar-refractivity contribution in [2.24, 2.45) is 5.92 Å². The molecule has 1 N–H and O–H groups in total. The molecule has 1 fully saturated rings. The van der Waals surface area contributed by atoms with Gasteiger partial charge in [0, 0.05) is 51.0 Å². The fraction of sp³-hybridized carbons (Fsp3) is 0.429. The summed E-state index contributed by atoms with van der Waals surface area (Å²) in [7, 11) is 4.63. The number of carbonyl (C=O) groups is 4. The molecule has 2 heterocycles. The third-order valence-corrected chi connectivity index (χ3v) is 7.05. The number of methoxy groups -OCH3 is 3. The summed E-state index contributed by atoms with van der Waals surface area (Å²) in [6.45, 7) is 2.32. The molecule has 2 aromatic carbocycles. The van der Waals surface area contributed by atoms with Crippen molar-refractivity contribution in [3.8, 4) is 11.5 Å². The maximum absolute atomic E-state index is 13.2. The monoisotopic (exact) mass is 523 g/mol. The lowest BCUT2D eigenvalue weighted by molar-refractivity contribution is 0.0637. The zero-order valence-electron chi connectivity index (χ0n) is 22.0. The Labute approximate surface area is 221 Å². The third kappa shape index (κ3) is 5.65. The number of hydrogen-bond donors (Lipinski definition) is 1. The second kappa shape index (κ2) is 12.1. The maximum Gasteiger partial charge on any atom is 0.261 e. The van der Waals surface area contributed by atoms with Gasteiger partial charge in [0.2, 0.25) is 0 Å². The van der Waals surface area contributed by atoms with Crippen LogP contribution in [0.4, 0.5) is 0 Å². The molecule has 0 bridgehead atoms. The third-order valence-electron chi connectivity index (χ3n) is 7.05. The average molecular weight is 524 g/mol. The highest BCUT2D eigenvalue weighted by Gasteiger charge is 2.36. The molecule has 2 aliphatic heterocycles. The molecule has 202 valence electrons. The van der Waals surface area contributed by atoms with Crippen LogP contribution in [0.15, 0.2) is 36.4 Å². The van der Waals surface area contributed by atoms with E-state index >= 15 is 0 Å². The Morgan fingerprint density at radius 1 is 0.895 bits per heavy atom. The first-order valence-electron chi connectivity index (χ1n) is 12.7. The molecule has 10 heteroatoms. The van der Waals surface area contributed by atoms with Gasteiger partial charge in [0.25, 0.3) is 23.6 Å². The molecule has 0 radical (unpaired) electrons. The topological polar surface area (TPSA) is 114 Å². The number of benzene rings is 2. The van der Waals surface area contributed by atoms with Crippen molar-refractivity contribution in [1.82, 2.24) is 15.1 Å². The number of likely N-dealkylation sites (tertiary alicyclic amines) is 1. The van der Waals surface area contributed by atoms with Crippen molar-refractivity contribution in [2.75, 3.05) is 54.1 Å². The first-order valence-corrected chi connectivity index (χ1v) is 12.7. The minimum Gasteiger partial charge on any atom is -0.493 e. The number of ether oxygens (including phenoxy) is 3. The number of fused-ring (bicyclic) bond motifs is 1. The Hall–Kier alpha value is -3.92. The summed E-state index contributed by atoms with van der Waals surface area (Å²) in [5.74, 6) is 0.207. The second-order valence-electron chi connectivity index (χ2n) is 9.38. The summed E-state index contributed by atoms with van der Waals surface area (Å²) < 4.78 is 15.5. The normalized spacial score (nSPS) is 15.4. The minimum atomic E-state index is -0.375. The van der Waals surface area contributed by atoms with Gasteiger partial charge in [0.15, 0.2) is 11.5 Å². The van der Waals surface area contributed by atoms with Crippen molar-refractivity contribution in [3.63, 3.8) is 0 Å². The lowest BCUT2D eigenvalue weighted by Crippen LogP contribution is -2.41. The number of hydrogen-bond acceptors (Lipinski definition) is 7. The SMILES string of the molecule is COCCCN1C(=O)c2ccc(C(=O)N3CCC(CNC(=O)c4ccc(OC)c(OC)c4)CC3)cc2C1=O. The number of piperidine rings is 1. The standard InChI is InChI=1S/C28H33N3O7/c1-36-14-4-11-31-27(34)21-7-5-20(15-22(21)28(31)35)26(33)30-12-9-18(10-13-30)17-29-25(32)19-6-8-23(37-2)24(16-19)38-3/h5-8,15-16,18H,4,9-14,17H2,1-3H3,(H,29,32). The Balaban J connectivity index is 1.30. The van der Waals surface area contributed by atoms with E-state index in [1.54, 1.807) is 49.5 Å². The van der Waals surface area contributed by atoms with Gasteiger partial charge in [-0.3, -0.25) is 24.1 Å².